The number of carbonyl (C=O) groups excluding carboxylic acids is 4. The Hall–Kier alpha value is -4.43. The third-order valence-electron chi connectivity index (χ3n) is 5.35. The highest BCUT2D eigenvalue weighted by Crippen LogP contribution is 2.30. The standard InChI is InChI=1S/C28H23ClN2O6/c1-16(2)36-27(34)19-8-12-21(13-9-19)31-25(32)23(29)24(26(31)33)30-20-10-6-18(7-11-20)28(35)37-22-14-4-17(3)5-15-22/h4-16,30H,1-3H3. The molecule has 0 aliphatic carbocycles. The molecule has 0 bridgehead atoms. The molecular formula is C28H23ClN2O6. The van der Waals surface area contributed by atoms with Gasteiger partial charge in [0.2, 0.25) is 0 Å². The maximum Gasteiger partial charge on any atom is 0.343 e. The van der Waals surface area contributed by atoms with Crippen molar-refractivity contribution < 1.29 is 28.7 Å². The van der Waals surface area contributed by atoms with E-state index in [9.17, 15) is 19.2 Å². The Balaban J connectivity index is 1.44. The zero-order valence-electron chi connectivity index (χ0n) is 20.3. The molecule has 8 nitrogen and oxygen atoms in total. The van der Waals surface area contributed by atoms with E-state index in [0.29, 0.717) is 17.0 Å². The summed E-state index contributed by atoms with van der Waals surface area (Å²) in [6, 6.07) is 19.1. The second kappa shape index (κ2) is 10.7. The van der Waals surface area contributed by atoms with Crippen molar-refractivity contribution in [3.05, 3.63) is 100 Å². The summed E-state index contributed by atoms with van der Waals surface area (Å²) in [6.45, 7) is 5.41. The molecule has 0 saturated carbocycles. The second-order valence-electron chi connectivity index (χ2n) is 8.54. The summed E-state index contributed by atoms with van der Waals surface area (Å²) >= 11 is 6.20. The van der Waals surface area contributed by atoms with Gasteiger partial charge in [-0.05, 0) is 81.4 Å². The first-order valence-corrected chi connectivity index (χ1v) is 11.8. The molecule has 3 aromatic carbocycles. The quantitative estimate of drug-likeness (QED) is 0.260. The van der Waals surface area contributed by atoms with Crippen molar-refractivity contribution in [1.29, 1.82) is 0 Å². The highest BCUT2D eigenvalue weighted by Gasteiger charge is 2.39. The molecule has 0 aromatic heterocycles. The maximum absolute atomic E-state index is 13.0. The van der Waals surface area contributed by atoms with Gasteiger partial charge in [0.05, 0.1) is 22.9 Å². The summed E-state index contributed by atoms with van der Waals surface area (Å²) < 4.78 is 10.5. The van der Waals surface area contributed by atoms with Crippen molar-refractivity contribution in [2.24, 2.45) is 0 Å². The van der Waals surface area contributed by atoms with E-state index in [1.807, 2.05) is 19.1 Å². The smallest absolute Gasteiger partial charge is 0.343 e. The van der Waals surface area contributed by atoms with Crippen LogP contribution in [0.1, 0.15) is 40.1 Å². The van der Waals surface area contributed by atoms with Gasteiger partial charge < -0.3 is 14.8 Å². The predicted octanol–water partition coefficient (Wildman–Crippen LogP) is 5.22. The maximum atomic E-state index is 13.0. The number of esters is 2. The van der Waals surface area contributed by atoms with Crippen molar-refractivity contribution in [2.75, 3.05) is 10.2 Å². The number of nitrogens with zero attached hydrogens (tertiary/aromatic N) is 1. The molecule has 188 valence electrons. The molecule has 2 amide bonds. The highest BCUT2D eigenvalue weighted by atomic mass is 35.5. The fraction of sp³-hybridized carbons (Fsp3) is 0.143. The fourth-order valence-electron chi connectivity index (χ4n) is 3.48. The fourth-order valence-corrected chi connectivity index (χ4v) is 3.69. The van der Waals surface area contributed by atoms with E-state index in [1.165, 1.54) is 36.4 Å². The Morgan fingerprint density at radius 2 is 1.38 bits per heavy atom. The lowest BCUT2D eigenvalue weighted by Gasteiger charge is -2.16. The summed E-state index contributed by atoms with van der Waals surface area (Å²) in [5.74, 6) is -1.98. The lowest BCUT2D eigenvalue weighted by atomic mass is 10.2. The van der Waals surface area contributed by atoms with Gasteiger partial charge >= 0.3 is 11.9 Å². The van der Waals surface area contributed by atoms with Crippen LogP contribution in [0.3, 0.4) is 0 Å². The molecule has 1 aliphatic rings. The van der Waals surface area contributed by atoms with E-state index in [2.05, 4.69) is 5.32 Å². The van der Waals surface area contributed by atoms with Crippen LogP contribution in [-0.4, -0.2) is 29.9 Å². The van der Waals surface area contributed by atoms with E-state index in [1.54, 1.807) is 38.1 Å². The molecule has 0 saturated heterocycles. The molecule has 4 rings (SSSR count). The number of hydrogen-bond donors (Lipinski definition) is 1. The zero-order chi connectivity index (χ0) is 26.7. The summed E-state index contributed by atoms with van der Waals surface area (Å²) in [7, 11) is 0. The molecule has 3 aromatic rings. The Labute approximate surface area is 218 Å². The zero-order valence-corrected chi connectivity index (χ0v) is 21.0. The number of rotatable bonds is 7. The third-order valence-corrected chi connectivity index (χ3v) is 5.70. The van der Waals surface area contributed by atoms with Gasteiger partial charge in [-0.15, -0.1) is 0 Å². The van der Waals surface area contributed by atoms with Crippen molar-refractivity contribution in [1.82, 2.24) is 0 Å². The van der Waals surface area contributed by atoms with Gasteiger partial charge in [0.25, 0.3) is 11.8 Å². The number of ether oxygens (including phenoxy) is 2. The monoisotopic (exact) mass is 518 g/mol. The van der Waals surface area contributed by atoms with Crippen LogP contribution < -0.4 is 15.0 Å². The van der Waals surface area contributed by atoms with Crippen LogP contribution in [0, 0.1) is 6.92 Å². The lowest BCUT2D eigenvalue weighted by Crippen LogP contribution is -2.32. The Kier molecular flexibility index (Phi) is 7.40. The van der Waals surface area contributed by atoms with Crippen LogP contribution in [0.4, 0.5) is 11.4 Å². The van der Waals surface area contributed by atoms with E-state index < -0.39 is 23.8 Å². The average molecular weight is 519 g/mol. The van der Waals surface area contributed by atoms with Gasteiger partial charge in [0.15, 0.2) is 0 Å². The molecule has 0 radical (unpaired) electrons. The SMILES string of the molecule is Cc1ccc(OC(=O)c2ccc(NC3=C(Cl)C(=O)N(c4ccc(C(=O)OC(C)C)cc4)C3=O)cc2)cc1. The molecule has 37 heavy (non-hydrogen) atoms. The minimum atomic E-state index is -0.704. The number of halogens is 1. The number of hydrogen-bond acceptors (Lipinski definition) is 7. The van der Waals surface area contributed by atoms with Crippen LogP contribution in [0.2, 0.25) is 0 Å². The van der Waals surface area contributed by atoms with Gasteiger partial charge in [0, 0.05) is 5.69 Å². The van der Waals surface area contributed by atoms with Gasteiger partial charge in [-0.2, -0.15) is 0 Å². The minimum absolute atomic E-state index is 0.107. The largest absolute Gasteiger partial charge is 0.459 e. The minimum Gasteiger partial charge on any atom is -0.459 e. The molecule has 1 heterocycles. The number of aryl methyl sites for hydroxylation is 1. The Morgan fingerprint density at radius 1 is 0.811 bits per heavy atom. The molecule has 9 heteroatoms. The molecule has 1 aliphatic heterocycles. The molecule has 0 spiro atoms. The predicted molar refractivity (Wildman–Crippen MR) is 139 cm³/mol. The lowest BCUT2D eigenvalue weighted by molar-refractivity contribution is -0.120. The number of amides is 2. The van der Waals surface area contributed by atoms with Crippen molar-refractivity contribution >= 4 is 46.7 Å². The summed E-state index contributed by atoms with van der Waals surface area (Å²) in [6.07, 6.45) is -0.279. The molecule has 0 fully saturated rings. The van der Waals surface area contributed by atoms with E-state index in [0.717, 1.165) is 10.5 Å². The Bertz CT molecular complexity index is 1390. The number of imide groups is 1. The first-order valence-electron chi connectivity index (χ1n) is 11.4. The van der Waals surface area contributed by atoms with E-state index >= 15 is 0 Å². The van der Waals surface area contributed by atoms with Crippen LogP contribution >= 0.6 is 11.6 Å². The van der Waals surface area contributed by atoms with Crippen molar-refractivity contribution in [2.45, 2.75) is 26.9 Å². The van der Waals surface area contributed by atoms with Crippen LogP contribution in [-0.2, 0) is 14.3 Å². The molecule has 0 atom stereocenters. The van der Waals surface area contributed by atoms with Crippen molar-refractivity contribution in [3.8, 4) is 5.75 Å². The van der Waals surface area contributed by atoms with Gasteiger partial charge in [-0.3, -0.25) is 9.59 Å². The van der Waals surface area contributed by atoms with Crippen molar-refractivity contribution in [3.63, 3.8) is 0 Å². The molecule has 1 N–H and O–H groups in total. The van der Waals surface area contributed by atoms with Gasteiger partial charge in [-0.1, -0.05) is 29.3 Å². The summed E-state index contributed by atoms with van der Waals surface area (Å²) in [4.78, 5) is 51.2. The van der Waals surface area contributed by atoms with Crippen LogP contribution in [0.5, 0.6) is 5.75 Å². The van der Waals surface area contributed by atoms with Gasteiger partial charge in [-0.25, -0.2) is 14.5 Å². The number of carbonyl (C=O) groups is 4. The molecule has 0 unspecified atom stereocenters. The van der Waals surface area contributed by atoms with Crippen LogP contribution in [0.25, 0.3) is 0 Å². The highest BCUT2D eigenvalue weighted by molar-refractivity contribution is 6.53. The second-order valence-corrected chi connectivity index (χ2v) is 8.92. The summed E-state index contributed by atoms with van der Waals surface area (Å²) in [5, 5.41) is 2.57. The van der Waals surface area contributed by atoms with Gasteiger partial charge in [0.1, 0.15) is 16.5 Å². The van der Waals surface area contributed by atoms with E-state index in [4.69, 9.17) is 21.1 Å². The number of anilines is 2. The first-order chi connectivity index (χ1) is 17.6. The first kappa shape index (κ1) is 25.7. The van der Waals surface area contributed by atoms with E-state index in [-0.39, 0.29) is 28.1 Å². The topological polar surface area (TPSA) is 102 Å². The Morgan fingerprint density at radius 3 is 1.97 bits per heavy atom. The average Bonchev–Trinajstić information content (AvgIpc) is 3.08. The number of nitrogens with one attached hydrogen (secondary N) is 1. The normalized spacial score (nSPS) is 13.3. The van der Waals surface area contributed by atoms with Crippen LogP contribution in [0.15, 0.2) is 83.5 Å². The summed E-state index contributed by atoms with van der Waals surface area (Å²) in [5.41, 5.74) is 2.22. The third kappa shape index (κ3) is 5.70. The molecular weight excluding hydrogens is 496 g/mol. The number of benzene rings is 3.